The standard InChI is InChI=1S/C9H16O3/c1-4-12-8(10)9(7(2)3)5-11-6-9/h7H,4-6H2,1-3H3. The normalized spacial score (nSPS) is 20.3. The molecule has 1 saturated heterocycles. The first-order valence-electron chi connectivity index (χ1n) is 4.38. The number of esters is 1. The van der Waals surface area contributed by atoms with Gasteiger partial charge in [0, 0.05) is 0 Å². The van der Waals surface area contributed by atoms with E-state index in [1.165, 1.54) is 0 Å². The van der Waals surface area contributed by atoms with E-state index in [9.17, 15) is 4.79 Å². The van der Waals surface area contributed by atoms with Crippen molar-refractivity contribution in [2.75, 3.05) is 19.8 Å². The summed E-state index contributed by atoms with van der Waals surface area (Å²) in [4.78, 5) is 11.5. The van der Waals surface area contributed by atoms with Gasteiger partial charge < -0.3 is 9.47 Å². The molecule has 0 atom stereocenters. The van der Waals surface area contributed by atoms with Crippen LogP contribution >= 0.6 is 0 Å². The first-order chi connectivity index (χ1) is 5.63. The van der Waals surface area contributed by atoms with E-state index in [-0.39, 0.29) is 11.4 Å². The van der Waals surface area contributed by atoms with Crippen LogP contribution in [0.4, 0.5) is 0 Å². The topological polar surface area (TPSA) is 35.5 Å². The predicted molar refractivity (Wildman–Crippen MR) is 44.7 cm³/mol. The largest absolute Gasteiger partial charge is 0.465 e. The number of hydrogen-bond donors (Lipinski definition) is 0. The fourth-order valence-corrected chi connectivity index (χ4v) is 1.28. The molecule has 1 aliphatic heterocycles. The van der Waals surface area contributed by atoms with E-state index in [0.717, 1.165) is 0 Å². The number of hydrogen-bond acceptors (Lipinski definition) is 3. The van der Waals surface area contributed by atoms with Crippen LogP contribution in [0.3, 0.4) is 0 Å². The Morgan fingerprint density at radius 2 is 2.17 bits per heavy atom. The van der Waals surface area contributed by atoms with E-state index in [2.05, 4.69) is 0 Å². The van der Waals surface area contributed by atoms with Gasteiger partial charge in [-0.3, -0.25) is 4.79 Å². The highest BCUT2D eigenvalue weighted by atomic mass is 16.6. The second-order valence-electron chi connectivity index (χ2n) is 3.52. The number of carbonyl (C=O) groups is 1. The van der Waals surface area contributed by atoms with Gasteiger partial charge in [0.1, 0.15) is 5.41 Å². The highest BCUT2D eigenvalue weighted by Gasteiger charge is 2.49. The van der Waals surface area contributed by atoms with Gasteiger partial charge in [-0.25, -0.2) is 0 Å². The Morgan fingerprint density at radius 3 is 2.42 bits per heavy atom. The number of carbonyl (C=O) groups excluding carboxylic acids is 1. The molecule has 0 N–H and O–H groups in total. The van der Waals surface area contributed by atoms with Gasteiger partial charge >= 0.3 is 5.97 Å². The molecular formula is C9H16O3. The summed E-state index contributed by atoms with van der Waals surface area (Å²) in [6.45, 7) is 7.37. The van der Waals surface area contributed by atoms with Gasteiger partial charge in [0.15, 0.2) is 0 Å². The van der Waals surface area contributed by atoms with E-state index in [0.29, 0.717) is 25.7 Å². The molecule has 1 rings (SSSR count). The minimum atomic E-state index is -0.351. The SMILES string of the molecule is CCOC(=O)C1(C(C)C)COC1. The van der Waals surface area contributed by atoms with Gasteiger partial charge in [0.2, 0.25) is 0 Å². The van der Waals surface area contributed by atoms with Crippen molar-refractivity contribution < 1.29 is 14.3 Å². The molecule has 1 heterocycles. The maximum Gasteiger partial charge on any atom is 0.317 e. The van der Waals surface area contributed by atoms with Crippen LogP contribution in [-0.2, 0) is 14.3 Å². The summed E-state index contributed by atoms with van der Waals surface area (Å²) in [6.07, 6.45) is 0. The lowest BCUT2D eigenvalue weighted by Crippen LogP contribution is -2.53. The van der Waals surface area contributed by atoms with Crippen LogP contribution in [0.1, 0.15) is 20.8 Å². The van der Waals surface area contributed by atoms with Crippen molar-refractivity contribution in [2.45, 2.75) is 20.8 Å². The molecule has 0 unspecified atom stereocenters. The molecule has 0 aliphatic carbocycles. The van der Waals surface area contributed by atoms with Crippen LogP contribution in [0.2, 0.25) is 0 Å². The van der Waals surface area contributed by atoms with Gasteiger partial charge in [0.05, 0.1) is 19.8 Å². The van der Waals surface area contributed by atoms with Crippen molar-refractivity contribution in [3.63, 3.8) is 0 Å². The van der Waals surface area contributed by atoms with E-state index in [4.69, 9.17) is 9.47 Å². The lowest BCUT2D eigenvalue weighted by molar-refractivity contribution is -0.194. The van der Waals surface area contributed by atoms with Gasteiger partial charge in [-0.1, -0.05) is 13.8 Å². The lowest BCUT2D eigenvalue weighted by atomic mass is 9.75. The molecule has 0 amide bonds. The van der Waals surface area contributed by atoms with E-state index in [1.807, 2.05) is 20.8 Å². The second kappa shape index (κ2) is 3.44. The Kier molecular flexibility index (Phi) is 2.73. The van der Waals surface area contributed by atoms with Crippen molar-refractivity contribution in [3.05, 3.63) is 0 Å². The first kappa shape index (κ1) is 9.52. The molecule has 0 saturated carbocycles. The van der Waals surface area contributed by atoms with E-state index in [1.54, 1.807) is 0 Å². The van der Waals surface area contributed by atoms with E-state index >= 15 is 0 Å². The molecule has 1 aliphatic rings. The Hall–Kier alpha value is -0.570. The zero-order valence-electron chi connectivity index (χ0n) is 7.92. The summed E-state index contributed by atoms with van der Waals surface area (Å²) in [6, 6.07) is 0. The van der Waals surface area contributed by atoms with Gasteiger partial charge in [-0.05, 0) is 12.8 Å². The van der Waals surface area contributed by atoms with Gasteiger partial charge in [0.25, 0.3) is 0 Å². The monoisotopic (exact) mass is 172 g/mol. The zero-order chi connectivity index (χ0) is 9.19. The Bertz CT molecular complexity index is 171. The maximum atomic E-state index is 11.5. The summed E-state index contributed by atoms with van der Waals surface area (Å²) in [5.41, 5.74) is -0.351. The third-order valence-electron chi connectivity index (χ3n) is 2.51. The molecule has 0 aromatic rings. The van der Waals surface area contributed by atoms with Crippen molar-refractivity contribution in [1.29, 1.82) is 0 Å². The molecule has 0 bridgehead atoms. The quantitative estimate of drug-likeness (QED) is 0.600. The smallest absolute Gasteiger partial charge is 0.317 e. The minimum absolute atomic E-state index is 0.105. The minimum Gasteiger partial charge on any atom is -0.465 e. The molecule has 3 nitrogen and oxygen atoms in total. The third kappa shape index (κ3) is 1.33. The average molecular weight is 172 g/mol. The lowest BCUT2D eigenvalue weighted by Gasteiger charge is -2.41. The molecule has 1 fully saturated rings. The summed E-state index contributed by atoms with van der Waals surface area (Å²) in [5, 5.41) is 0. The number of rotatable bonds is 3. The summed E-state index contributed by atoms with van der Waals surface area (Å²) < 4.78 is 10.1. The van der Waals surface area contributed by atoms with Crippen molar-refractivity contribution in [1.82, 2.24) is 0 Å². The highest BCUT2D eigenvalue weighted by molar-refractivity contribution is 5.78. The highest BCUT2D eigenvalue weighted by Crippen LogP contribution is 2.36. The van der Waals surface area contributed by atoms with Crippen LogP contribution < -0.4 is 0 Å². The average Bonchev–Trinajstić information content (AvgIpc) is 1.83. The molecule has 0 spiro atoms. The summed E-state index contributed by atoms with van der Waals surface area (Å²) >= 11 is 0. The maximum absolute atomic E-state index is 11.5. The predicted octanol–water partition coefficient (Wildman–Crippen LogP) is 1.22. The van der Waals surface area contributed by atoms with Crippen molar-refractivity contribution in [2.24, 2.45) is 11.3 Å². The van der Waals surface area contributed by atoms with Gasteiger partial charge in [-0.15, -0.1) is 0 Å². The van der Waals surface area contributed by atoms with Gasteiger partial charge in [-0.2, -0.15) is 0 Å². The summed E-state index contributed by atoms with van der Waals surface area (Å²) in [5.74, 6) is 0.191. The molecule has 3 heteroatoms. The van der Waals surface area contributed by atoms with Crippen molar-refractivity contribution >= 4 is 5.97 Å². The summed E-state index contributed by atoms with van der Waals surface area (Å²) in [7, 11) is 0. The zero-order valence-corrected chi connectivity index (χ0v) is 7.92. The molecular weight excluding hydrogens is 156 g/mol. The Balaban J connectivity index is 2.60. The second-order valence-corrected chi connectivity index (χ2v) is 3.52. The fourth-order valence-electron chi connectivity index (χ4n) is 1.28. The molecule has 12 heavy (non-hydrogen) atoms. The first-order valence-corrected chi connectivity index (χ1v) is 4.38. The van der Waals surface area contributed by atoms with Crippen LogP contribution in [0, 0.1) is 11.3 Å². The molecule has 0 aromatic carbocycles. The van der Waals surface area contributed by atoms with Crippen molar-refractivity contribution in [3.8, 4) is 0 Å². The Labute approximate surface area is 73.0 Å². The van der Waals surface area contributed by atoms with Crippen LogP contribution in [0.5, 0.6) is 0 Å². The fraction of sp³-hybridized carbons (Fsp3) is 0.889. The Morgan fingerprint density at radius 1 is 1.58 bits per heavy atom. The van der Waals surface area contributed by atoms with E-state index < -0.39 is 0 Å². The number of ether oxygens (including phenoxy) is 2. The van der Waals surface area contributed by atoms with Crippen LogP contribution in [0.15, 0.2) is 0 Å². The van der Waals surface area contributed by atoms with Crippen LogP contribution in [-0.4, -0.2) is 25.8 Å². The molecule has 70 valence electrons. The molecule has 0 aromatic heterocycles. The molecule has 0 radical (unpaired) electrons. The third-order valence-corrected chi connectivity index (χ3v) is 2.51. The van der Waals surface area contributed by atoms with Crippen LogP contribution in [0.25, 0.3) is 0 Å².